The van der Waals surface area contributed by atoms with Gasteiger partial charge in [0.25, 0.3) is 0 Å². The number of piperidine rings is 1. The third kappa shape index (κ3) is 3.14. The lowest BCUT2D eigenvalue weighted by atomic mass is 9.78. The molecule has 0 unspecified atom stereocenters. The van der Waals surface area contributed by atoms with Gasteiger partial charge in [-0.25, -0.2) is 0 Å². The molecule has 17 heavy (non-hydrogen) atoms. The molecule has 2 aliphatic rings. The van der Waals surface area contributed by atoms with Crippen LogP contribution in [0.4, 0.5) is 0 Å². The first-order chi connectivity index (χ1) is 7.43. The average Bonchev–Trinajstić information content (AvgIpc) is 2.61. The third-order valence-electron chi connectivity index (χ3n) is 4.03. The monoisotopic (exact) mass is 260 g/mol. The Hall–Kier alpha value is -0.280. The summed E-state index contributed by atoms with van der Waals surface area (Å²) in [6, 6.07) is 0. The maximum atomic E-state index is 12.2. The molecule has 0 aromatic rings. The molecule has 1 spiro atoms. The van der Waals surface area contributed by atoms with E-state index in [0.717, 1.165) is 26.2 Å². The number of nitrogens with zero attached hydrogens (tertiary/aromatic N) is 1. The van der Waals surface area contributed by atoms with Crippen molar-refractivity contribution in [2.24, 2.45) is 10.8 Å². The van der Waals surface area contributed by atoms with E-state index in [4.69, 9.17) is 0 Å². The maximum Gasteiger partial charge on any atom is 0.227 e. The summed E-state index contributed by atoms with van der Waals surface area (Å²) in [7, 11) is 0. The van der Waals surface area contributed by atoms with Gasteiger partial charge in [0.15, 0.2) is 0 Å². The Bertz CT molecular complexity index is 280. The Morgan fingerprint density at radius 2 is 1.76 bits per heavy atom. The summed E-state index contributed by atoms with van der Waals surface area (Å²) >= 11 is 0. The van der Waals surface area contributed by atoms with Gasteiger partial charge < -0.3 is 10.2 Å². The number of carbonyl (C=O) groups excluding carboxylic acids is 1. The highest BCUT2D eigenvalue weighted by Gasteiger charge is 2.42. The predicted molar refractivity (Wildman–Crippen MR) is 72.4 cm³/mol. The molecule has 0 bridgehead atoms. The minimum atomic E-state index is -0.224. The lowest BCUT2D eigenvalue weighted by Crippen LogP contribution is -2.42. The molecule has 2 saturated heterocycles. The predicted octanol–water partition coefficient (Wildman–Crippen LogP) is 2.06. The van der Waals surface area contributed by atoms with Gasteiger partial charge in [-0.1, -0.05) is 20.8 Å². The second-order valence-electron chi connectivity index (χ2n) is 6.48. The fourth-order valence-electron chi connectivity index (χ4n) is 2.95. The van der Waals surface area contributed by atoms with E-state index >= 15 is 0 Å². The first-order valence-electron chi connectivity index (χ1n) is 6.43. The van der Waals surface area contributed by atoms with E-state index in [1.807, 2.05) is 20.8 Å². The number of halogens is 1. The van der Waals surface area contributed by atoms with Crippen LogP contribution in [0.2, 0.25) is 0 Å². The number of hydrogen-bond acceptors (Lipinski definition) is 2. The van der Waals surface area contributed by atoms with Crippen LogP contribution in [0.3, 0.4) is 0 Å². The molecule has 2 heterocycles. The lowest BCUT2D eigenvalue weighted by molar-refractivity contribution is -0.138. The van der Waals surface area contributed by atoms with E-state index in [0.29, 0.717) is 11.3 Å². The van der Waals surface area contributed by atoms with Crippen LogP contribution in [-0.2, 0) is 4.79 Å². The largest absolute Gasteiger partial charge is 0.342 e. The van der Waals surface area contributed by atoms with E-state index in [2.05, 4.69) is 10.2 Å². The van der Waals surface area contributed by atoms with Crippen molar-refractivity contribution >= 4 is 18.3 Å². The smallest absolute Gasteiger partial charge is 0.227 e. The molecule has 4 heteroatoms. The molecule has 2 fully saturated rings. The number of hydrogen-bond donors (Lipinski definition) is 1. The molecule has 0 radical (unpaired) electrons. The zero-order chi connectivity index (χ0) is 11.8. The van der Waals surface area contributed by atoms with Gasteiger partial charge in [0, 0.05) is 18.5 Å². The zero-order valence-electron chi connectivity index (χ0n) is 11.2. The molecular weight excluding hydrogens is 236 g/mol. The average molecular weight is 261 g/mol. The van der Waals surface area contributed by atoms with Crippen molar-refractivity contribution < 1.29 is 4.79 Å². The number of rotatable bonds is 0. The maximum absolute atomic E-state index is 12.2. The van der Waals surface area contributed by atoms with E-state index in [-0.39, 0.29) is 17.8 Å². The highest BCUT2D eigenvalue weighted by atomic mass is 35.5. The zero-order valence-corrected chi connectivity index (χ0v) is 12.0. The summed E-state index contributed by atoms with van der Waals surface area (Å²) in [4.78, 5) is 14.3. The second kappa shape index (κ2) is 5.15. The molecule has 2 aliphatic heterocycles. The molecule has 0 aliphatic carbocycles. The molecular formula is C13H25ClN2O. The van der Waals surface area contributed by atoms with Crippen LogP contribution in [0.1, 0.15) is 40.0 Å². The van der Waals surface area contributed by atoms with Crippen molar-refractivity contribution in [3.8, 4) is 0 Å². The van der Waals surface area contributed by atoms with Crippen molar-refractivity contribution in [1.29, 1.82) is 0 Å². The van der Waals surface area contributed by atoms with Crippen LogP contribution in [0.15, 0.2) is 0 Å². The van der Waals surface area contributed by atoms with Gasteiger partial charge >= 0.3 is 0 Å². The van der Waals surface area contributed by atoms with Crippen LogP contribution in [-0.4, -0.2) is 37.0 Å². The summed E-state index contributed by atoms with van der Waals surface area (Å²) in [5.74, 6) is 0.322. The molecule has 0 aromatic carbocycles. The number of carbonyl (C=O) groups is 1. The standard InChI is InChI=1S/C13H24N2O.ClH/c1-12(2,3)11(16)15-9-6-13(10-15)4-7-14-8-5-13;/h14H,4-10H2,1-3H3;1H. The minimum absolute atomic E-state index is 0. The molecule has 3 nitrogen and oxygen atoms in total. The highest BCUT2D eigenvalue weighted by Crippen LogP contribution is 2.39. The fraction of sp³-hybridized carbons (Fsp3) is 0.923. The third-order valence-corrected chi connectivity index (χ3v) is 4.03. The van der Waals surface area contributed by atoms with Crippen LogP contribution in [0.25, 0.3) is 0 Å². The van der Waals surface area contributed by atoms with Crippen LogP contribution in [0, 0.1) is 10.8 Å². The lowest BCUT2D eigenvalue weighted by Gasteiger charge is -2.34. The molecule has 1 amide bonds. The molecule has 0 aromatic heterocycles. The summed E-state index contributed by atoms with van der Waals surface area (Å²) < 4.78 is 0. The first-order valence-corrected chi connectivity index (χ1v) is 6.43. The molecule has 0 saturated carbocycles. The minimum Gasteiger partial charge on any atom is -0.342 e. The Labute approximate surface area is 111 Å². The number of amides is 1. The van der Waals surface area contributed by atoms with E-state index in [1.54, 1.807) is 0 Å². The van der Waals surface area contributed by atoms with Gasteiger partial charge in [-0.3, -0.25) is 4.79 Å². The van der Waals surface area contributed by atoms with Crippen molar-refractivity contribution in [2.45, 2.75) is 40.0 Å². The van der Waals surface area contributed by atoms with Crippen LogP contribution < -0.4 is 5.32 Å². The van der Waals surface area contributed by atoms with Gasteiger partial charge in [-0.15, -0.1) is 12.4 Å². The van der Waals surface area contributed by atoms with Gasteiger partial charge in [0.2, 0.25) is 5.91 Å². The molecule has 2 rings (SSSR count). The Morgan fingerprint density at radius 3 is 2.29 bits per heavy atom. The SMILES string of the molecule is CC(C)(C)C(=O)N1CCC2(CCNCC2)C1.Cl. The van der Waals surface area contributed by atoms with Crippen molar-refractivity contribution in [3.63, 3.8) is 0 Å². The van der Waals surface area contributed by atoms with Crippen molar-refractivity contribution in [1.82, 2.24) is 10.2 Å². The molecule has 100 valence electrons. The van der Waals surface area contributed by atoms with E-state index in [1.165, 1.54) is 19.3 Å². The molecule has 0 atom stereocenters. The Morgan fingerprint density at radius 1 is 1.18 bits per heavy atom. The fourth-order valence-corrected chi connectivity index (χ4v) is 2.95. The summed E-state index contributed by atoms with van der Waals surface area (Å²) in [5.41, 5.74) is 0.213. The van der Waals surface area contributed by atoms with Crippen LogP contribution >= 0.6 is 12.4 Å². The summed E-state index contributed by atoms with van der Waals surface area (Å²) in [5, 5.41) is 3.41. The Balaban J connectivity index is 0.00000144. The first kappa shape index (κ1) is 14.8. The highest BCUT2D eigenvalue weighted by molar-refractivity contribution is 5.85. The number of likely N-dealkylation sites (tertiary alicyclic amines) is 1. The summed E-state index contributed by atoms with van der Waals surface area (Å²) in [6.45, 7) is 10.3. The van der Waals surface area contributed by atoms with Crippen LogP contribution in [0.5, 0.6) is 0 Å². The normalized spacial score (nSPS) is 23.6. The van der Waals surface area contributed by atoms with Gasteiger partial charge in [-0.2, -0.15) is 0 Å². The van der Waals surface area contributed by atoms with Gasteiger partial charge in [0.1, 0.15) is 0 Å². The second-order valence-corrected chi connectivity index (χ2v) is 6.48. The summed E-state index contributed by atoms with van der Waals surface area (Å²) in [6.07, 6.45) is 3.68. The molecule has 1 N–H and O–H groups in total. The topological polar surface area (TPSA) is 32.3 Å². The quantitative estimate of drug-likeness (QED) is 0.723. The van der Waals surface area contributed by atoms with Crippen molar-refractivity contribution in [2.75, 3.05) is 26.2 Å². The van der Waals surface area contributed by atoms with E-state index in [9.17, 15) is 4.79 Å². The van der Waals surface area contributed by atoms with Crippen molar-refractivity contribution in [3.05, 3.63) is 0 Å². The number of nitrogens with one attached hydrogen (secondary N) is 1. The van der Waals surface area contributed by atoms with E-state index < -0.39 is 0 Å². The van der Waals surface area contributed by atoms with Gasteiger partial charge in [-0.05, 0) is 37.8 Å². The Kier molecular flexibility index (Phi) is 4.48. The van der Waals surface area contributed by atoms with Gasteiger partial charge in [0.05, 0.1) is 0 Å².